The van der Waals surface area contributed by atoms with Crippen molar-refractivity contribution in [2.75, 3.05) is 17.2 Å². The molecule has 0 aliphatic rings. The van der Waals surface area contributed by atoms with Crippen LogP contribution in [-0.4, -0.2) is 29.6 Å². The average molecular weight is 580 g/mol. The molecule has 0 saturated carbocycles. The molecule has 0 fully saturated rings. The molecule has 3 amide bonds. The van der Waals surface area contributed by atoms with Crippen LogP contribution in [0.4, 0.5) is 11.4 Å². The zero-order valence-electron chi connectivity index (χ0n) is 23.5. The number of hydrogen-bond donors (Lipinski definition) is 3. The number of carbonyl (C=O) groups excluding carboxylic acids is 3. The van der Waals surface area contributed by atoms with Gasteiger partial charge in [0.2, 0.25) is 5.91 Å². The van der Waals surface area contributed by atoms with Crippen LogP contribution in [0, 0.1) is 0 Å². The molecule has 0 radical (unpaired) electrons. The Hall–Kier alpha value is -4.82. The summed E-state index contributed by atoms with van der Waals surface area (Å²) in [5.74, 6) is -0.220. The second-order valence-electron chi connectivity index (χ2n) is 9.23. The van der Waals surface area contributed by atoms with Crippen LogP contribution < -0.4 is 20.7 Å². The molecule has 1 unspecified atom stereocenters. The Morgan fingerprint density at radius 3 is 2.14 bits per heavy atom. The van der Waals surface area contributed by atoms with Crippen LogP contribution in [0.15, 0.2) is 120 Å². The van der Waals surface area contributed by atoms with E-state index in [2.05, 4.69) is 16.0 Å². The maximum Gasteiger partial charge on any atom is 0.272 e. The Bertz CT molecular complexity index is 1520. The Balaban J connectivity index is 1.45. The van der Waals surface area contributed by atoms with Crippen LogP contribution in [0.2, 0.25) is 0 Å². The van der Waals surface area contributed by atoms with Crippen molar-refractivity contribution in [2.45, 2.75) is 30.4 Å². The lowest BCUT2D eigenvalue weighted by Crippen LogP contribution is -2.30. The number of ether oxygens (including phenoxy) is 1. The van der Waals surface area contributed by atoms with E-state index in [0.717, 1.165) is 16.2 Å². The molecule has 7 nitrogen and oxygen atoms in total. The Morgan fingerprint density at radius 1 is 0.786 bits per heavy atom. The van der Waals surface area contributed by atoms with E-state index in [1.165, 1.54) is 11.8 Å². The molecule has 3 N–H and O–H groups in total. The van der Waals surface area contributed by atoms with Crippen molar-refractivity contribution in [2.24, 2.45) is 0 Å². The predicted octanol–water partition coefficient (Wildman–Crippen LogP) is 7.00. The van der Waals surface area contributed by atoms with Crippen LogP contribution in [0.5, 0.6) is 5.75 Å². The summed E-state index contributed by atoms with van der Waals surface area (Å²) >= 11 is 1.42. The largest absolute Gasteiger partial charge is 0.494 e. The van der Waals surface area contributed by atoms with Gasteiger partial charge in [-0.3, -0.25) is 14.4 Å². The molecule has 4 aromatic rings. The van der Waals surface area contributed by atoms with Gasteiger partial charge in [-0.2, -0.15) is 0 Å². The zero-order chi connectivity index (χ0) is 29.7. The van der Waals surface area contributed by atoms with E-state index in [0.29, 0.717) is 30.0 Å². The maximum absolute atomic E-state index is 13.4. The van der Waals surface area contributed by atoms with Gasteiger partial charge in [-0.15, -0.1) is 11.8 Å². The molecule has 0 bridgehead atoms. The summed E-state index contributed by atoms with van der Waals surface area (Å²) in [5, 5.41) is 8.26. The summed E-state index contributed by atoms with van der Waals surface area (Å²) in [7, 11) is 0. The number of thioether (sulfide) groups is 1. The van der Waals surface area contributed by atoms with Gasteiger partial charge in [-0.05, 0) is 79.6 Å². The number of hydrogen-bond acceptors (Lipinski definition) is 5. The first-order chi connectivity index (χ1) is 20.4. The minimum Gasteiger partial charge on any atom is -0.494 e. The van der Waals surface area contributed by atoms with Gasteiger partial charge in [-0.25, -0.2) is 0 Å². The van der Waals surface area contributed by atoms with Crippen molar-refractivity contribution >= 4 is 46.9 Å². The van der Waals surface area contributed by atoms with E-state index in [4.69, 9.17) is 4.74 Å². The van der Waals surface area contributed by atoms with Crippen molar-refractivity contribution in [3.05, 3.63) is 126 Å². The summed E-state index contributed by atoms with van der Waals surface area (Å²) < 4.78 is 5.46. The SMILES string of the molecule is CCOc1ccc(NC(=O)C(CC)Sc2cccc(NC(=O)/C(=C/c3ccccc3)NC(=O)c3ccccc3)c2)cc1. The third-order valence-electron chi connectivity index (χ3n) is 6.11. The number of benzene rings is 4. The highest BCUT2D eigenvalue weighted by molar-refractivity contribution is 8.00. The quantitative estimate of drug-likeness (QED) is 0.124. The monoisotopic (exact) mass is 579 g/mol. The van der Waals surface area contributed by atoms with E-state index in [9.17, 15) is 14.4 Å². The Morgan fingerprint density at radius 2 is 1.48 bits per heavy atom. The summed E-state index contributed by atoms with van der Waals surface area (Å²) in [6.45, 7) is 4.45. The normalized spacial score (nSPS) is 11.7. The average Bonchev–Trinajstić information content (AvgIpc) is 3.01. The fourth-order valence-electron chi connectivity index (χ4n) is 4.01. The van der Waals surface area contributed by atoms with Gasteiger partial charge in [0.25, 0.3) is 11.8 Å². The molecular formula is C34H33N3O4S. The first kappa shape index (κ1) is 30.1. The fourth-order valence-corrected chi connectivity index (χ4v) is 5.03. The lowest BCUT2D eigenvalue weighted by atomic mass is 10.1. The zero-order valence-corrected chi connectivity index (χ0v) is 24.3. The lowest BCUT2D eigenvalue weighted by molar-refractivity contribution is -0.116. The van der Waals surface area contributed by atoms with Crippen LogP contribution in [0.3, 0.4) is 0 Å². The highest BCUT2D eigenvalue weighted by Crippen LogP contribution is 2.29. The summed E-state index contributed by atoms with van der Waals surface area (Å²) in [4.78, 5) is 40.1. The van der Waals surface area contributed by atoms with E-state index in [1.807, 2.05) is 92.7 Å². The number of carbonyl (C=O) groups is 3. The van der Waals surface area contributed by atoms with Crippen molar-refractivity contribution < 1.29 is 19.1 Å². The molecule has 0 aliphatic carbocycles. The topological polar surface area (TPSA) is 96.5 Å². The van der Waals surface area contributed by atoms with Gasteiger partial charge < -0.3 is 20.7 Å². The molecule has 0 saturated heterocycles. The van der Waals surface area contributed by atoms with Gasteiger partial charge in [0, 0.05) is 21.8 Å². The minimum absolute atomic E-state index is 0.106. The van der Waals surface area contributed by atoms with E-state index >= 15 is 0 Å². The second kappa shape index (κ2) is 15.3. The number of rotatable bonds is 12. The Labute approximate surface area is 250 Å². The molecule has 8 heteroatoms. The number of amides is 3. The van der Waals surface area contributed by atoms with Crippen LogP contribution in [-0.2, 0) is 9.59 Å². The maximum atomic E-state index is 13.4. The smallest absolute Gasteiger partial charge is 0.272 e. The van der Waals surface area contributed by atoms with Crippen molar-refractivity contribution in [1.82, 2.24) is 5.32 Å². The summed E-state index contributed by atoms with van der Waals surface area (Å²) in [6.07, 6.45) is 2.24. The van der Waals surface area contributed by atoms with E-state index in [-0.39, 0.29) is 22.8 Å². The number of nitrogens with one attached hydrogen (secondary N) is 3. The molecule has 42 heavy (non-hydrogen) atoms. The molecule has 1 atom stereocenters. The Kier molecular flexibility index (Phi) is 10.9. The summed E-state index contributed by atoms with van der Waals surface area (Å²) in [6, 6.07) is 32.6. The molecule has 0 aromatic heterocycles. The highest BCUT2D eigenvalue weighted by Gasteiger charge is 2.19. The molecule has 4 aromatic carbocycles. The molecule has 0 heterocycles. The third kappa shape index (κ3) is 8.84. The van der Waals surface area contributed by atoms with Crippen LogP contribution in [0.25, 0.3) is 6.08 Å². The molecule has 4 rings (SSSR count). The molecular weight excluding hydrogens is 546 g/mol. The summed E-state index contributed by atoms with van der Waals surface area (Å²) in [5.41, 5.74) is 2.55. The van der Waals surface area contributed by atoms with E-state index in [1.54, 1.807) is 36.4 Å². The van der Waals surface area contributed by atoms with E-state index < -0.39 is 5.91 Å². The molecule has 0 aliphatic heterocycles. The lowest BCUT2D eigenvalue weighted by Gasteiger charge is -2.16. The van der Waals surface area contributed by atoms with Crippen LogP contribution >= 0.6 is 11.8 Å². The number of anilines is 2. The third-order valence-corrected chi connectivity index (χ3v) is 7.46. The van der Waals surface area contributed by atoms with Gasteiger partial charge in [-0.1, -0.05) is 61.5 Å². The van der Waals surface area contributed by atoms with Crippen molar-refractivity contribution in [1.29, 1.82) is 0 Å². The van der Waals surface area contributed by atoms with Crippen molar-refractivity contribution in [3.8, 4) is 5.75 Å². The van der Waals surface area contributed by atoms with Gasteiger partial charge >= 0.3 is 0 Å². The minimum atomic E-state index is -0.467. The highest BCUT2D eigenvalue weighted by atomic mass is 32.2. The predicted molar refractivity (Wildman–Crippen MR) is 170 cm³/mol. The first-order valence-electron chi connectivity index (χ1n) is 13.7. The van der Waals surface area contributed by atoms with Crippen molar-refractivity contribution in [3.63, 3.8) is 0 Å². The fraction of sp³-hybridized carbons (Fsp3) is 0.147. The van der Waals surface area contributed by atoms with Gasteiger partial charge in [0.05, 0.1) is 11.9 Å². The van der Waals surface area contributed by atoms with Gasteiger partial charge in [0.1, 0.15) is 11.4 Å². The molecule has 214 valence electrons. The second-order valence-corrected chi connectivity index (χ2v) is 10.5. The standard InChI is InChI=1S/C34H33N3O4S/c1-3-31(34(40)35-26-18-20-28(21-19-26)41-4-2)42-29-17-11-16-27(23-29)36-33(39)30(22-24-12-7-5-8-13-24)37-32(38)25-14-9-6-10-15-25/h5-23,31H,3-4H2,1-2H3,(H,35,40)(H,36,39)(H,37,38)/b30-22-. The molecule has 0 spiro atoms. The van der Waals surface area contributed by atoms with Gasteiger partial charge in [0.15, 0.2) is 0 Å². The first-order valence-corrected chi connectivity index (χ1v) is 14.6. The van der Waals surface area contributed by atoms with Crippen LogP contribution in [0.1, 0.15) is 36.2 Å².